The van der Waals surface area contributed by atoms with Crippen LogP contribution in [0.25, 0.3) is 6.08 Å². The SMILES string of the molecule is CN(C)C(=O)C=Cc1ccc(C(=O)O[C@@H]2CC(C(=O)NCc3cccc(C(=O)N[C@H](CO)CCC(=O)OC(C)(C)C)c3)=C[C@H]3OCO[C@H]32)cc1. The number of carbonyl (C=O) groups is 5. The minimum absolute atomic E-state index is 0.00547. The van der Waals surface area contributed by atoms with Gasteiger partial charge in [0.1, 0.15) is 30.7 Å². The third-order valence-corrected chi connectivity index (χ3v) is 7.87. The van der Waals surface area contributed by atoms with Crippen molar-refractivity contribution >= 4 is 35.7 Å². The molecule has 1 heterocycles. The number of rotatable bonds is 13. The molecule has 2 aliphatic rings. The van der Waals surface area contributed by atoms with E-state index in [2.05, 4.69) is 10.6 Å². The van der Waals surface area contributed by atoms with E-state index >= 15 is 0 Å². The number of nitrogens with zero attached hydrogens (tertiary/aromatic N) is 1. The number of ether oxygens (including phenoxy) is 4. The number of hydrogen-bond donors (Lipinski definition) is 3. The first-order valence-electron chi connectivity index (χ1n) is 16.4. The van der Waals surface area contributed by atoms with Gasteiger partial charge in [0.05, 0.1) is 18.2 Å². The minimum atomic E-state index is -0.778. The maximum Gasteiger partial charge on any atom is 0.338 e. The van der Waals surface area contributed by atoms with Crippen molar-refractivity contribution in [3.8, 4) is 0 Å². The van der Waals surface area contributed by atoms with E-state index in [9.17, 15) is 29.1 Å². The molecule has 268 valence electrons. The van der Waals surface area contributed by atoms with Crippen molar-refractivity contribution in [2.45, 2.75) is 76.5 Å². The normalized spacial score (nSPS) is 19.2. The zero-order valence-corrected chi connectivity index (χ0v) is 29.0. The minimum Gasteiger partial charge on any atom is -0.460 e. The van der Waals surface area contributed by atoms with Crippen molar-refractivity contribution in [3.05, 3.63) is 88.5 Å². The Morgan fingerprint density at radius 2 is 1.76 bits per heavy atom. The summed E-state index contributed by atoms with van der Waals surface area (Å²) in [7, 11) is 3.31. The van der Waals surface area contributed by atoms with Gasteiger partial charge in [-0.15, -0.1) is 0 Å². The Morgan fingerprint density at radius 3 is 2.44 bits per heavy atom. The summed E-state index contributed by atoms with van der Waals surface area (Å²) in [5, 5.41) is 15.3. The van der Waals surface area contributed by atoms with Crippen molar-refractivity contribution in [3.63, 3.8) is 0 Å². The second-order valence-corrected chi connectivity index (χ2v) is 13.3. The van der Waals surface area contributed by atoms with E-state index < -0.39 is 47.8 Å². The molecule has 0 aromatic heterocycles. The Labute approximate surface area is 291 Å². The molecule has 0 bridgehead atoms. The fourth-order valence-corrected chi connectivity index (χ4v) is 5.26. The zero-order valence-electron chi connectivity index (χ0n) is 29.0. The maximum absolute atomic E-state index is 13.3. The van der Waals surface area contributed by atoms with Crippen LogP contribution >= 0.6 is 0 Å². The van der Waals surface area contributed by atoms with Gasteiger partial charge >= 0.3 is 11.9 Å². The number of nitrogens with one attached hydrogen (secondary N) is 2. The van der Waals surface area contributed by atoms with E-state index in [-0.39, 0.29) is 51.0 Å². The van der Waals surface area contributed by atoms with Crippen LogP contribution in [0.4, 0.5) is 0 Å². The number of hydrogen-bond acceptors (Lipinski definition) is 10. The number of likely N-dealkylation sites (N-methyl/N-ethyl adjacent to an activating group) is 1. The van der Waals surface area contributed by atoms with Gasteiger partial charge in [0, 0.05) is 50.7 Å². The van der Waals surface area contributed by atoms with E-state index in [0.29, 0.717) is 22.3 Å². The lowest BCUT2D eigenvalue weighted by Gasteiger charge is -2.30. The molecule has 3 N–H and O–H groups in total. The van der Waals surface area contributed by atoms with Gasteiger partial charge in [0.2, 0.25) is 11.8 Å². The number of aliphatic hydroxyl groups is 1. The molecule has 2 aromatic carbocycles. The van der Waals surface area contributed by atoms with Gasteiger partial charge in [-0.05, 0) is 74.7 Å². The topological polar surface area (TPSA) is 170 Å². The fraction of sp³-hybridized carbons (Fsp3) is 0.432. The van der Waals surface area contributed by atoms with Crippen LogP contribution in [0.5, 0.6) is 0 Å². The predicted octanol–water partition coefficient (Wildman–Crippen LogP) is 2.91. The molecule has 2 aromatic rings. The summed E-state index contributed by atoms with van der Waals surface area (Å²) in [5.74, 6) is -1.99. The van der Waals surface area contributed by atoms with Crippen molar-refractivity contribution < 1.29 is 48.0 Å². The van der Waals surface area contributed by atoms with E-state index in [4.69, 9.17) is 18.9 Å². The van der Waals surface area contributed by atoms with Gasteiger partial charge in [-0.3, -0.25) is 19.2 Å². The largest absolute Gasteiger partial charge is 0.460 e. The third-order valence-electron chi connectivity index (χ3n) is 7.87. The van der Waals surface area contributed by atoms with Gasteiger partial charge in [0.25, 0.3) is 5.91 Å². The van der Waals surface area contributed by atoms with Crippen LogP contribution in [0.2, 0.25) is 0 Å². The molecule has 1 aliphatic heterocycles. The van der Waals surface area contributed by atoms with Gasteiger partial charge in [-0.1, -0.05) is 24.3 Å². The number of fused-ring (bicyclic) bond motifs is 1. The van der Waals surface area contributed by atoms with Gasteiger partial charge in [0.15, 0.2) is 0 Å². The van der Waals surface area contributed by atoms with Crippen LogP contribution in [0.1, 0.15) is 71.9 Å². The molecule has 4 rings (SSSR count). The maximum atomic E-state index is 13.3. The number of benzene rings is 2. The van der Waals surface area contributed by atoms with Crippen molar-refractivity contribution in [1.82, 2.24) is 15.5 Å². The molecule has 13 heteroatoms. The molecule has 1 fully saturated rings. The number of aliphatic hydroxyl groups excluding tert-OH is 1. The summed E-state index contributed by atoms with van der Waals surface area (Å²) >= 11 is 0. The van der Waals surface area contributed by atoms with E-state index in [1.54, 1.807) is 95.5 Å². The second-order valence-electron chi connectivity index (χ2n) is 13.3. The quantitative estimate of drug-likeness (QED) is 0.210. The smallest absolute Gasteiger partial charge is 0.338 e. The summed E-state index contributed by atoms with van der Waals surface area (Å²) in [6.45, 7) is 5.05. The number of carbonyl (C=O) groups excluding carboxylic acids is 5. The average Bonchev–Trinajstić information content (AvgIpc) is 3.56. The summed E-state index contributed by atoms with van der Waals surface area (Å²) in [4.78, 5) is 64.6. The third kappa shape index (κ3) is 11.1. The van der Waals surface area contributed by atoms with Crippen LogP contribution in [-0.2, 0) is 39.9 Å². The Morgan fingerprint density at radius 1 is 1.02 bits per heavy atom. The molecule has 0 spiro atoms. The fourth-order valence-electron chi connectivity index (χ4n) is 5.26. The molecular weight excluding hydrogens is 646 g/mol. The highest BCUT2D eigenvalue weighted by Crippen LogP contribution is 2.31. The van der Waals surface area contributed by atoms with Gasteiger partial charge < -0.3 is 39.6 Å². The Hall–Kier alpha value is -4.85. The summed E-state index contributed by atoms with van der Waals surface area (Å²) in [6, 6.07) is 12.6. The lowest BCUT2D eigenvalue weighted by Crippen LogP contribution is -2.43. The molecule has 0 radical (unpaired) electrons. The molecular formula is C37H45N3O10. The van der Waals surface area contributed by atoms with Crippen molar-refractivity contribution in [2.24, 2.45) is 0 Å². The molecule has 0 unspecified atom stereocenters. The highest BCUT2D eigenvalue weighted by atomic mass is 16.7. The van der Waals surface area contributed by atoms with Crippen molar-refractivity contribution in [1.29, 1.82) is 0 Å². The molecule has 3 amide bonds. The highest BCUT2D eigenvalue weighted by Gasteiger charge is 2.42. The molecule has 1 aliphatic carbocycles. The van der Waals surface area contributed by atoms with E-state index in [0.717, 1.165) is 5.56 Å². The monoisotopic (exact) mass is 691 g/mol. The number of esters is 2. The van der Waals surface area contributed by atoms with Crippen LogP contribution < -0.4 is 10.6 Å². The standard InChI is InChI=1S/C37H45N3O10/c1-37(2,3)50-32(43)16-14-28(21-41)39-35(45)26-8-6-7-24(17-26)20-38-34(44)27-18-29-33(48-22-47-29)30(19-27)49-36(46)25-12-9-23(10-13-25)11-15-31(42)40(4)5/h6-13,15,17-18,28-30,33,41H,14,16,19-22H2,1-5H3,(H,38,44)(H,39,45)/t28-,29+,30+,33+/m0/s1. The van der Waals surface area contributed by atoms with Crippen molar-refractivity contribution in [2.75, 3.05) is 27.5 Å². The Kier molecular flexibility index (Phi) is 13.1. The van der Waals surface area contributed by atoms with Gasteiger partial charge in [-0.2, -0.15) is 0 Å². The van der Waals surface area contributed by atoms with Crippen LogP contribution in [0, 0.1) is 0 Å². The second kappa shape index (κ2) is 17.2. The number of amides is 3. The lowest BCUT2D eigenvalue weighted by atomic mass is 9.91. The highest BCUT2D eigenvalue weighted by molar-refractivity contribution is 5.96. The summed E-state index contributed by atoms with van der Waals surface area (Å²) in [6.07, 6.45) is 3.17. The molecule has 1 saturated heterocycles. The van der Waals surface area contributed by atoms with E-state index in [1.165, 1.54) is 11.0 Å². The lowest BCUT2D eigenvalue weighted by molar-refractivity contribution is -0.155. The van der Waals surface area contributed by atoms with Crippen LogP contribution in [0.15, 0.2) is 66.3 Å². The van der Waals surface area contributed by atoms with Crippen LogP contribution in [0.3, 0.4) is 0 Å². The predicted molar refractivity (Wildman–Crippen MR) is 182 cm³/mol. The first-order chi connectivity index (χ1) is 23.7. The molecule has 4 atom stereocenters. The summed E-state index contributed by atoms with van der Waals surface area (Å²) in [5.41, 5.74) is 1.75. The van der Waals surface area contributed by atoms with Crippen LogP contribution in [-0.4, -0.2) is 97.1 Å². The van der Waals surface area contributed by atoms with Gasteiger partial charge in [-0.25, -0.2) is 4.79 Å². The molecule has 0 saturated carbocycles. The first-order valence-corrected chi connectivity index (χ1v) is 16.4. The first kappa shape index (κ1) is 38.0. The molecule has 50 heavy (non-hydrogen) atoms. The zero-order chi connectivity index (χ0) is 36.4. The molecule has 13 nitrogen and oxygen atoms in total. The van der Waals surface area contributed by atoms with E-state index in [1.807, 2.05) is 0 Å². The Balaban J connectivity index is 1.32. The summed E-state index contributed by atoms with van der Waals surface area (Å²) < 4.78 is 22.4. The average molecular weight is 692 g/mol. The Bertz CT molecular complexity index is 1610.